The van der Waals surface area contributed by atoms with Gasteiger partial charge in [-0.2, -0.15) is 11.8 Å². The number of carboxylic acid groups (broad SMARTS) is 1. The summed E-state index contributed by atoms with van der Waals surface area (Å²) < 4.78 is 23.5. The monoisotopic (exact) mass is 357 g/mol. The van der Waals surface area contributed by atoms with Gasteiger partial charge >= 0.3 is 5.97 Å². The van der Waals surface area contributed by atoms with Gasteiger partial charge in [0.2, 0.25) is 5.91 Å². The van der Waals surface area contributed by atoms with E-state index in [1.54, 1.807) is 19.1 Å². The molecule has 0 aliphatic carbocycles. The number of thioether (sulfide) groups is 1. The van der Waals surface area contributed by atoms with Crippen LogP contribution in [0.5, 0.6) is 0 Å². The molecule has 1 saturated heterocycles. The van der Waals surface area contributed by atoms with E-state index in [-0.39, 0.29) is 23.0 Å². The van der Waals surface area contributed by atoms with Crippen LogP contribution in [-0.2, 0) is 25.8 Å². The van der Waals surface area contributed by atoms with Crippen molar-refractivity contribution in [1.29, 1.82) is 0 Å². The predicted octanol–water partition coefficient (Wildman–Crippen LogP) is 1.10. The third-order valence-electron chi connectivity index (χ3n) is 3.84. The van der Waals surface area contributed by atoms with Crippen molar-refractivity contribution in [2.24, 2.45) is 0 Å². The van der Waals surface area contributed by atoms with E-state index in [0.29, 0.717) is 23.5 Å². The maximum atomic E-state index is 12.1. The van der Waals surface area contributed by atoms with Gasteiger partial charge in [-0.1, -0.05) is 19.1 Å². The molecule has 1 amide bonds. The number of nitrogens with one attached hydrogen (secondary N) is 1. The molecule has 1 aromatic carbocycles. The molecule has 1 aromatic rings. The summed E-state index contributed by atoms with van der Waals surface area (Å²) >= 11 is 1.50. The molecule has 1 atom stereocenters. The van der Waals surface area contributed by atoms with Crippen LogP contribution in [0, 0.1) is 0 Å². The van der Waals surface area contributed by atoms with Gasteiger partial charge in [-0.05, 0) is 29.9 Å². The first-order chi connectivity index (χ1) is 10.8. The Labute approximate surface area is 139 Å². The van der Waals surface area contributed by atoms with Crippen LogP contribution < -0.4 is 5.32 Å². The van der Waals surface area contributed by atoms with Gasteiger partial charge in [0.25, 0.3) is 0 Å². The number of benzene rings is 1. The molecule has 6 nitrogen and oxygen atoms in total. The van der Waals surface area contributed by atoms with Crippen LogP contribution in [-0.4, -0.2) is 48.2 Å². The van der Waals surface area contributed by atoms with Crippen LogP contribution in [0.15, 0.2) is 29.2 Å². The van der Waals surface area contributed by atoms with Gasteiger partial charge in [-0.3, -0.25) is 4.79 Å². The van der Waals surface area contributed by atoms with Gasteiger partial charge in [0.15, 0.2) is 9.84 Å². The lowest BCUT2D eigenvalue weighted by atomic mass is 9.98. The molecule has 0 radical (unpaired) electrons. The second-order valence-corrected chi connectivity index (χ2v) is 8.85. The normalized spacial score (nSPS) is 21.1. The third kappa shape index (κ3) is 4.06. The van der Waals surface area contributed by atoms with Gasteiger partial charge < -0.3 is 10.4 Å². The summed E-state index contributed by atoms with van der Waals surface area (Å²) in [5.41, 5.74) is -0.545. The van der Waals surface area contributed by atoms with Crippen molar-refractivity contribution in [3.63, 3.8) is 0 Å². The van der Waals surface area contributed by atoms with Crippen LogP contribution in [0.2, 0.25) is 0 Å². The zero-order valence-electron chi connectivity index (χ0n) is 12.7. The minimum absolute atomic E-state index is 0.0195. The van der Waals surface area contributed by atoms with Gasteiger partial charge in [-0.25, -0.2) is 13.2 Å². The number of rotatable bonds is 6. The average molecular weight is 357 g/mol. The SMILES string of the molecule is CCS(=O)(=O)c1ccc(CC(=O)NC2(C(=O)O)CCSC2)cc1. The number of hydrogen-bond acceptors (Lipinski definition) is 5. The minimum Gasteiger partial charge on any atom is -0.479 e. The van der Waals surface area contributed by atoms with Crippen LogP contribution >= 0.6 is 11.8 Å². The highest BCUT2D eigenvalue weighted by Gasteiger charge is 2.43. The van der Waals surface area contributed by atoms with E-state index < -0.39 is 21.3 Å². The maximum absolute atomic E-state index is 12.1. The molecule has 1 aliphatic rings. The first kappa shape index (κ1) is 17.8. The predicted molar refractivity (Wildman–Crippen MR) is 88.3 cm³/mol. The topological polar surface area (TPSA) is 101 Å². The molecule has 1 fully saturated rings. The fraction of sp³-hybridized carbons (Fsp3) is 0.467. The molecular formula is C15H19NO5S2. The summed E-state index contributed by atoms with van der Waals surface area (Å²) in [6.45, 7) is 1.57. The smallest absolute Gasteiger partial charge is 0.330 e. The standard InChI is InChI=1S/C15H19NO5S2/c1-2-23(20,21)12-5-3-11(4-6-12)9-13(17)16-15(14(18)19)7-8-22-10-15/h3-6H,2,7-10H2,1H3,(H,16,17)(H,18,19). The van der Waals surface area contributed by atoms with Crippen molar-refractivity contribution >= 4 is 33.5 Å². The number of aliphatic carboxylic acids is 1. The van der Waals surface area contributed by atoms with Gasteiger partial charge in [0, 0.05) is 5.75 Å². The summed E-state index contributed by atoms with van der Waals surface area (Å²) in [7, 11) is -3.26. The highest BCUT2D eigenvalue weighted by atomic mass is 32.2. The van der Waals surface area contributed by atoms with Crippen molar-refractivity contribution in [3.8, 4) is 0 Å². The number of carboxylic acids is 1. The Kier molecular flexibility index (Phi) is 5.36. The summed E-state index contributed by atoms with van der Waals surface area (Å²) in [6.07, 6.45) is 0.429. The first-order valence-corrected chi connectivity index (χ1v) is 10.0. The van der Waals surface area contributed by atoms with Gasteiger partial charge in [0.05, 0.1) is 17.1 Å². The molecule has 0 spiro atoms. The summed E-state index contributed by atoms with van der Waals surface area (Å²) in [6, 6.07) is 6.11. The molecule has 1 heterocycles. The molecule has 8 heteroatoms. The lowest BCUT2D eigenvalue weighted by Crippen LogP contribution is -2.55. The zero-order valence-corrected chi connectivity index (χ0v) is 14.4. The van der Waals surface area contributed by atoms with Crippen LogP contribution in [0.1, 0.15) is 18.9 Å². The molecule has 23 heavy (non-hydrogen) atoms. The first-order valence-electron chi connectivity index (χ1n) is 7.23. The second kappa shape index (κ2) is 6.92. The molecule has 0 bridgehead atoms. The highest BCUT2D eigenvalue weighted by Crippen LogP contribution is 2.28. The molecule has 2 rings (SSSR count). The highest BCUT2D eigenvalue weighted by molar-refractivity contribution is 7.99. The number of amides is 1. The van der Waals surface area contributed by atoms with Gasteiger partial charge in [-0.15, -0.1) is 0 Å². The van der Waals surface area contributed by atoms with Crippen LogP contribution in [0.3, 0.4) is 0 Å². The van der Waals surface area contributed by atoms with E-state index in [4.69, 9.17) is 0 Å². The van der Waals surface area contributed by atoms with E-state index in [2.05, 4.69) is 5.32 Å². The molecule has 1 aliphatic heterocycles. The van der Waals surface area contributed by atoms with Gasteiger partial charge in [0.1, 0.15) is 5.54 Å². The van der Waals surface area contributed by atoms with E-state index in [1.807, 2.05) is 0 Å². The average Bonchev–Trinajstić information content (AvgIpc) is 2.97. The summed E-state index contributed by atoms with van der Waals surface area (Å²) in [5.74, 6) is -0.301. The van der Waals surface area contributed by atoms with Crippen molar-refractivity contribution in [2.75, 3.05) is 17.3 Å². The Balaban J connectivity index is 2.05. The molecule has 2 N–H and O–H groups in total. The largest absolute Gasteiger partial charge is 0.479 e. The molecule has 126 valence electrons. The number of hydrogen-bond donors (Lipinski definition) is 2. The molecule has 0 aromatic heterocycles. The molecule has 0 saturated carbocycles. The van der Waals surface area contributed by atoms with E-state index in [9.17, 15) is 23.1 Å². The van der Waals surface area contributed by atoms with E-state index >= 15 is 0 Å². The summed E-state index contributed by atoms with van der Waals surface area (Å²) in [4.78, 5) is 23.7. The number of sulfone groups is 1. The Morgan fingerprint density at radius 1 is 1.30 bits per heavy atom. The van der Waals surface area contributed by atoms with Crippen molar-refractivity contribution in [1.82, 2.24) is 5.32 Å². The molecular weight excluding hydrogens is 338 g/mol. The van der Waals surface area contributed by atoms with Crippen LogP contribution in [0.4, 0.5) is 0 Å². The van der Waals surface area contributed by atoms with E-state index in [1.165, 1.54) is 23.9 Å². The van der Waals surface area contributed by atoms with Crippen molar-refractivity contribution < 1.29 is 23.1 Å². The van der Waals surface area contributed by atoms with Crippen molar-refractivity contribution in [2.45, 2.75) is 30.2 Å². The zero-order chi connectivity index (χ0) is 17.1. The van der Waals surface area contributed by atoms with Crippen LogP contribution in [0.25, 0.3) is 0 Å². The lowest BCUT2D eigenvalue weighted by molar-refractivity contribution is -0.146. The Bertz CT molecular complexity index is 691. The fourth-order valence-corrected chi connectivity index (χ4v) is 4.57. The Morgan fingerprint density at radius 2 is 1.96 bits per heavy atom. The maximum Gasteiger partial charge on any atom is 0.330 e. The quantitative estimate of drug-likeness (QED) is 0.791. The number of carbonyl (C=O) groups is 2. The van der Waals surface area contributed by atoms with E-state index in [0.717, 1.165) is 0 Å². The minimum atomic E-state index is -3.26. The molecule has 1 unspecified atom stereocenters. The summed E-state index contributed by atoms with van der Waals surface area (Å²) in [5, 5.41) is 12.0. The lowest BCUT2D eigenvalue weighted by Gasteiger charge is -2.24. The third-order valence-corrected chi connectivity index (χ3v) is 6.78. The Hall–Kier alpha value is -1.54. The number of carbonyl (C=O) groups excluding carboxylic acids is 1. The fourth-order valence-electron chi connectivity index (χ4n) is 2.36. The van der Waals surface area contributed by atoms with Crippen molar-refractivity contribution in [3.05, 3.63) is 29.8 Å². The second-order valence-electron chi connectivity index (χ2n) is 5.46. The Morgan fingerprint density at radius 3 is 2.43 bits per heavy atom.